The molecule has 2 aromatic heterocycles. The van der Waals surface area contributed by atoms with Crippen molar-refractivity contribution < 1.29 is 19.1 Å². The van der Waals surface area contributed by atoms with Gasteiger partial charge in [0.05, 0.1) is 25.5 Å². The summed E-state index contributed by atoms with van der Waals surface area (Å²) >= 11 is 0. The third-order valence-corrected chi connectivity index (χ3v) is 4.42. The Morgan fingerprint density at radius 3 is 1.47 bits per heavy atom. The maximum atomic E-state index is 11.9. The van der Waals surface area contributed by atoms with E-state index < -0.39 is 11.9 Å². The Morgan fingerprint density at radius 1 is 0.656 bits per heavy atom. The standard InChI is InChI=1S/C22H20N6O4/c29-21(31-15-19-13-27(25-23-19)11-17-7-3-1-4-8-17)22(30)32-16-20-14-28(26-24-20)12-18-9-5-2-6-10-18/h1-10,13-14H,11-12,15-16H2. The van der Waals surface area contributed by atoms with Crippen molar-refractivity contribution in [3.8, 4) is 0 Å². The molecule has 0 aliphatic heterocycles. The van der Waals surface area contributed by atoms with Gasteiger partial charge in [0, 0.05) is 0 Å². The summed E-state index contributed by atoms with van der Waals surface area (Å²) in [5.74, 6) is -2.22. The van der Waals surface area contributed by atoms with Gasteiger partial charge in [-0.1, -0.05) is 71.1 Å². The van der Waals surface area contributed by atoms with Crippen LogP contribution in [0.5, 0.6) is 0 Å². The van der Waals surface area contributed by atoms with E-state index in [2.05, 4.69) is 20.6 Å². The molecule has 0 aliphatic rings. The third kappa shape index (κ3) is 5.85. The summed E-state index contributed by atoms with van der Waals surface area (Å²) in [6.45, 7) is 0.704. The van der Waals surface area contributed by atoms with Gasteiger partial charge in [-0.2, -0.15) is 0 Å². The number of carbonyl (C=O) groups excluding carboxylic acids is 2. The molecule has 32 heavy (non-hydrogen) atoms. The molecule has 0 unspecified atom stereocenters. The minimum Gasteiger partial charge on any atom is -0.451 e. The van der Waals surface area contributed by atoms with E-state index in [1.54, 1.807) is 21.8 Å². The molecule has 10 nitrogen and oxygen atoms in total. The van der Waals surface area contributed by atoms with E-state index in [9.17, 15) is 9.59 Å². The van der Waals surface area contributed by atoms with Crippen LogP contribution in [0.25, 0.3) is 0 Å². The summed E-state index contributed by atoms with van der Waals surface area (Å²) in [5, 5.41) is 15.8. The summed E-state index contributed by atoms with van der Waals surface area (Å²) in [6.07, 6.45) is 3.30. The van der Waals surface area contributed by atoms with Gasteiger partial charge in [-0.15, -0.1) is 10.2 Å². The highest BCUT2D eigenvalue weighted by molar-refractivity contribution is 6.29. The minimum atomic E-state index is -1.11. The topological polar surface area (TPSA) is 114 Å². The van der Waals surface area contributed by atoms with Crippen molar-refractivity contribution >= 4 is 11.9 Å². The lowest BCUT2D eigenvalue weighted by Crippen LogP contribution is -2.20. The second kappa shape index (κ2) is 10.1. The van der Waals surface area contributed by atoms with Crippen molar-refractivity contribution in [2.24, 2.45) is 0 Å². The first-order chi connectivity index (χ1) is 15.7. The molecule has 0 spiro atoms. The molecule has 0 N–H and O–H groups in total. The Hall–Kier alpha value is -4.34. The lowest BCUT2D eigenvalue weighted by atomic mass is 10.2. The number of ether oxygens (including phenoxy) is 2. The van der Waals surface area contributed by atoms with Crippen LogP contribution in [-0.4, -0.2) is 41.9 Å². The van der Waals surface area contributed by atoms with Crippen LogP contribution in [0.2, 0.25) is 0 Å². The summed E-state index contributed by atoms with van der Waals surface area (Å²) in [4.78, 5) is 23.8. The highest BCUT2D eigenvalue weighted by Gasteiger charge is 2.19. The first-order valence-electron chi connectivity index (χ1n) is 9.85. The maximum Gasteiger partial charge on any atom is 0.417 e. The lowest BCUT2D eigenvalue weighted by Gasteiger charge is -2.03. The first kappa shape index (κ1) is 20.9. The number of hydrogen-bond acceptors (Lipinski definition) is 8. The van der Waals surface area contributed by atoms with E-state index in [0.717, 1.165) is 11.1 Å². The van der Waals surface area contributed by atoms with Crippen molar-refractivity contribution in [1.29, 1.82) is 0 Å². The Morgan fingerprint density at radius 2 is 1.06 bits per heavy atom. The Kier molecular flexibility index (Phi) is 6.61. The van der Waals surface area contributed by atoms with E-state index in [1.807, 2.05) is 60.7 Å². The fraction of sp³-hybridized carbons (Fsp3) is 0.182. The molecule has 0 saturated carbocycles. The van der Waals surface area contributed by atoms with Gasteiger partial charge in [0.25, 0.3) is 0 Å². The molecule has 0 saturated heterocycles. The Balaban J connectivity index is 1.20. The van der Waals surface area contributed by atoms with E-state index in [4.69, 9.17) is 9.47 Å². The minimum absolute atomic E-state index is 0.185. The van der Waals surface area contributed by atoms with Gasteiger partial charge in [0.1, 0.15) is 24.6 Å². The summed E-state index contributed by atoms with van der Waals surface area (Å²) in [6, 6.07) is 19.5. The molecule has 4 aromatic rings. The van der Waals surface area contributed by atoms with E-state index >= 15 is 0 Å². The summed E-state index contributed by atoms with van der Waals surface area (Å²) in [7, 11) is 0. The average Bonchev–Trinajstić information content (AvgIpc) is 3.46. The van der Waals surface area contributed by atoms with E-state index in [0.29, 0.717) is 24.5 Å². The number of aromatic nitrogens is 6. The largest absolute Gasteiger partial charge is 0.451 e. The molecule has 0 amide bonds. The molecule has 4 rings (SSSR count). The van der Waals surface area contributed by atoms with Crippen LogP contribution in [-0.2, 0) is 45.4 Å². The zero-order valence-electron chi connectivity index (χ0n) is 17.1. The Bertz CT molecular complexity index is 1080. The second-order valence-electron chi connectivity index (χ2n) is 6.94. The molecule has 0 fully saturated rings. The predicted octanol–water partition coefficient (Wildman–Crippen LogP) is 1.75. The van der Waals surface area contributed by atoms with Gasteiger partial charge >= 0.3 is 11.9 Å². The highest BCUT2D eigenvalue weighted by Crippen LogP contribution is 2.05. The number of nitrogens with zero attached hydrogens (tertiary/aromatic N) is 6. The van der Waals surface area contributed by atoms with Crippen LogP contribution < -0.4 is 0 Å². The van der Waals surface area contributed by atoms with Crippen molar-refractivity contribution in [3.05, 3.63) is 95.6 Å². The zero-order valence-corrected chi connectivity index (χ0v) is 17.1. The quantitative estimate of drug-likeness (QED) is 0.306. The van der Waals surface area contributed by atoms with Gasteiger partial charge in [0.2, 0.25) is 0 Å². The molecule has 162 valence electrons. The fourth-order valence-corrected chi connectivity index (χ4v) is 2.90. The number of carbonyl (C=O) groups is 2. The van der Waals surface area contributed by atoms with Crippen molar-refractivity contribution in [1.82, 2.24) is 30.0 Å². The number of rotatable bonds is 8. The zero-order chi connectivity index (χ0) is 22.2. The van der Waals surface area contributed by atoms with Crippen LogP contribution in [0.4, 0.5) is 0 Å². The van der Waals surface area contributed by atoms with Gasteiger partial charge < -0.3 is 9.47 Å². The van der Waals surface area contributed by atoms with Crippen LogP contribution in [0.1, 0.15) is 22.5 Å². The first-order valence-corrected chi connectivity index (χ1v) is 9.85. The van der Waals surface area contributed by atoms with Crippen LogP contribution in [0, 0.1) is 0 Å². The van der Waals surface area contributed by atoms with Gasteiger partial charge in [-0.3, -0.25) is 0 Å². The lowest BCUT2D eigenvalue weighted by molar-refractivity contribution is -0.169. The maximum absolute atomic E-state index is 11.9. The van der Waals surface area contributed by atoms with Crippen LogP contribution in [0.15, 0.2) is 73.1 Å². The molecule has 0 atom stereocenters. The number of hydrogen-bond donors (Lipinski definition) is 0. The molecule has 0 aliphatic carbocycles. The average molecular weight is 432 g/mol. The van der Waals surface area contributed by atoms with Gasteiger partial charge in [0.15, 0.2) is 0 Å². The number of esters is 2. The van der Waals surface area contributed by atoms with Crippen LogP contribution >= 0.6 is 0 Å². The smallest absolute Gasteiger partial charge is 0.417 e. The van der Waals surface area contributed by atoms with Crippen molar-refractivity contribution in [2.75, 3.05) is 0 Å². The molecule has 2 aromatic carbocycles. The fourth-order valence-electron chi connectivity index (χ4n) is 2.90. The molecule has 0 radical (unpaired) electrons. The SMILES string of the molecule is O=C(OCc1cn(Cc2ccccc2)nn1)C(=O)OCc1cn(Cc2ccccc2)nn1. The number of benzene rings is 2. The third-order valence-electron chi connectivity index (χ3n) is 4.42. The van der Waals surface area contributed by atoms with E-state index in [1.165, 1.54) is 0 Å². The molecular weight excluding hydrogens is 412 g/mol. The predicted molar refractivity (Wildman–Crippen MR) is 111 cm³/mol. The Labute approximate surface area is 183 Å². The van der Waals surface area contributed by atoms with Gasteiger partial charge in [-0.05, 0) is 11.1 Å². The molecule has 0 bridgehead atoms. The monoisotopic (exact) mass is 432 g/mol. The summed E-state index contributed by atoms with van der Waals surface area (Å²) < 4.78 is 13.2. The molecular formula is C22H20N6O4. The van der Waals surface area contributed by atoms with Crippen LogP contribution in [0.3, 0.4) is 0 Å². The van der Waals surface area contributed by atoms with Gasteiger partial charge in [-0.25, -0.2) is 19.0 Å². The van der Waals surface area contributed by atoms with Crippen molar-refractivity contribution in [2.45, 2.75) is 26.3 Å². The normalized spacial score (nSPS) is 10.6. The van der Waals surface area contributed by atoms with Crippen molar-refractivity contribution in [3.63, 3.8) is 0 Å². The molecule has 10 heteroatoms. The highest BCUT2D eigenvalue weighted by atomic mass is 16.6. The summed E-state index contributed by atoms with van der Waals surface area (Å²) in [5.41, 5.74) is 2.97. The second-order valence-corrected chi connectivity index (χ2v) is 6.94. The van der Waals surface area contributed by atoms with E-state index in [-0.39, 0.29) is 13.2 Å². The molecule has 2 heterocycles.